The summed E-state index contributed by atoms with van der Waals surface area (Å²) in [6.07, 6.45) is 4.62. The summed E-state index contributed by atoms with van der Waals surface area (Å²) in [4.78, 5) is 9.66. The minimum absolute atomic E-state index is 1.15. The molecule has 3 heteroatoms. The zero-order valence-electron chi connectivity index (χ0n) is 3.59. The number of carboxylic acid groups (broad SMARTS) is 1. The summed E-state index contributed by atoms with van der Waals surface area (Å²) in [5, 5.41) is 7.91. The molecule has 0 spiro atoms. The molecule has 0 saturated heterocycles. The molecule has 0 aliphatic carbocycles. The van der Waals surface area contributed by atoms with Gasteiger partial charge in [0.2, 0.25) is 0 Å². The van der Waals surface area contributed by atoms with E-state index >= 15 is 0 Å². The smallest absolute Gasteiger partial charge is 0.333 e. The predicted octanol–water partition coefficient (Wildman–Crippen LogP) is -0.969. The van der Waals surface area contributed by atoms with Gasteiger partial charge >= 0.3 is 5.97 Å². The second-order valence-electron chi connectivity index (χ2n) is 0.983. The van der Waals surface area contributed by atoms with E-state index in [1.165, 1.54) is 0 Å². The summed E-state index contributed by atoms with van der Waals surface area (Å²) in [6, 6.07) is -1.15. The first-order valence-corrected chi connectivity index (χ1v) is 1.63. The number of hydrogen-bond donors (Lipinski definition) is 2. The van der Waals surface area contributed by atoms with Crippen molar-refractivity contribution < 1.29 is 9.90 Å². The van der Waals surface area contributed by atoms with Gasteiger partial charge in [-0.3, -0.25) is 0 Å². The van der Waals surface area contributed by atoms with Crippen molar-refractivity contribution in [1.82, 2.24) is 0 Å². The number of nitrogens with two attached hydrogens (primary N) is 1. The number of hydrogen-bond acceptors (Lipinski definition) is 2. The average Bonchev–Trinajstić information content (AvgIpc) is 1.65. The average molecular weight is 99.1 g/mol. The molecular weight excluding hydrogens is 94.0 g/mol. The second-order valence-corrected chi connectivity index (χ2v) is 0.983. The normalized spacial score (nSPS) is 12.0. The summed E-state index contributed by atoms with van der Waals surface area (Å²) in [5.41, 5.74) is 4.78. The lowest BCUT2D eigenvalue weighted by Crippen LogP contribution is -2.27. The summed E-state index contributed by atoms with van der Waals surface area (Å²) < 4.78 is 0. The Labute approximate surface area is 41.1 Å². The fourth-order valence-corrected chi connectivity index (χ4v) is 0.0713. The maximum absolute atomic E-state index is 9.66. The molecule has 0 rings (SSSR count). The van der Waals surface area contributed by atoms with Crippen LogP contribution in [-0.2, 0) is 4.79 Å². The van der Waals surface area contributed by atoms with Crippen molar-refractivity contribution in [3.63, 3.8) is 0 Å². The van der Waals surface area contributed by atoms with Crippen molar-refractivity contribution in [3.05, 3.63) is 0 Å². The van der Waals surface area contributed by atoms with Crippen molar-refractivity contribution in [3.8, 4) is 12.3 Å². The minimum atomic E-state index is -1.16. The Balaban J connectivity index is 3.63. The van der Waals surface area contributed by atoms with Gasteiger partial charge in [-0.05, 0) is 0 Å². The summed E-state index contributed by atoms with van der Waals surface area (Å²) in [6.45, 7) is 0. The van der Waals surface area contributed by atoms with Crippen molar-refractivity contribution in [2.45, 2.75) is 6.04 Å². The third kappa shape index (κ3) is 1.79. The largest absolute Gasteiger partial charge is 0.479 e. The van der Waals surface area contributed by atoms with Crippen LogP contribution in [0.15, 0.2) is 0 Å². The fourth-order valence-electron chi connectivity index (χ4n) is 0.0713. The Bertz CT molecular complexity index is 113. The van der Waals surface area contributed by atoms with Crippen LogP contribution in [0, 0.1) is 12.3 Å². The zero-order valence-corrected chi connectivity index (χ0v) is 3.59. The van der Waals surface area contributed by atoms with Gasteiger partial charge in [0.15, 0.2) is 6.04 Å². The van der Waals surface area contributed by atoms with E-state index in [1.807, 2.05) is 5.92 Å². The molecule has 38 valence electrons. The number of carboxylic acids is 1. The van der Waals surface area contributed by atoms with E-state index < -0.39 is 12.0 Å². The molecule has 0 amide bonds. The summed E-state index contributed by atoms with van der Waals surface area (Å²) in [5.74, 6) is 0.678. The first-order valence-electron chi connectivity index (χ1n) is 1.63. The molecule has 1 atom stereocenters. The second kappa shape index (κ2) is 2.21. The van der Waals surface area contributed by atoms with E-state index in [-0.39, 0.29) is 0 Å². The SMILES string of the molecule is C#CC(N)C(=O)O. The zero-order chi connectivity index (χ0) is 5.86. The van der Waals surface area contributed by atoms with Gasteiger partial charge in [0.1, 0.15) is 0 Å². The lowest BCUT2D eigenvalue weighted by Gasteiger charge is -1.90. The van der Waals surface area contributed by atoms with Gasteiger partial charge in [-0.1, -0.05) is 5.92 Å². The van der Waals surface area contributed by atoms with Crippen molar-refractivity contribution in [1.29, 1.82) is 0 Å². The van der Waals surface area contributed by atoms with E-state index in [2.05, 4.69) is 6.42 Å². The number of carbonyl (C=O) groups is 1. The van der Waals surface area contributed by atoms with Crippen LogP contribution in [0.25, 0.3) is 0 Å². The first-order chi connectivity index (χ1) is 3.18. The van der Waals surface area contributed by atoms with Crippen molar-refractivity contribution in [2.24, 2.45) is 5.73 Å². The van der Waals surface area contributed by atoms with Gasteiger partial charge in [-0.15, -0.1) is 6.42 Å². The third-order valence-electron chi connectivity index (χ3n) is 0.446. The van der Waals surface area contributed by atoms with E-state index in [1.54, 1.807) is 0 Å². The van der Waals surface area contributed by atoms with Crippen LogP contribution >= 0.6 is 0 Å². The molecule has 0 fully saturated rings. The quantitative estimate of drug-likeness (QED) is 0.416. The van der Waals surface area contributed by atoms with Gasteiger partial charge in [0, 0.05) is 0 Å². The Hall–Kier alpha value is -1.01. The molecule has 0 aromatic heterocycles. The molecule has 0 aliphatic heterocycles. The van der Waals surface area contributed by atoms with Crippen LogP contribution in [0.5, 0.6) is 0 Å². The van der Waals surface area contributed by atoms with E-state index in [0.717, 1.165) is 0 Å². The van der Waals surface area contributed by atoms with Crippen LogP contribution in [0.3, 0.4) is 0 Å². The number of aliphatic carboxylic acids is 1. The van der Waals surface area contributed by atoms with Gasteiger partial charge in [0.25, 0.3) is 0 Å². The first kappa shape index (κ1) is 5.99. The molecule has 0 bridgehead atoms. The molecule has 3 nitrogen and oxygen atoms in total. The standard InChI is InChI=1S/C4H5NO2/c1-2-3(5)4(6)7/h1,3H,5H2,(H,6,7). The van der Waals surface area contributed by atoms with E-state index in [9.17, 15) is 4.79 Å². The highest BCUT2D eigenvalue weighted by atomic mass is 16.4. The third-order valence-corrected chi connectivity index (χ3v) is 0.446. The Morgan fingerprint density at radius 2 is 2.43 bits per heavy atom. The van der Waals surface area contributed by atoms with Gasteiger partial charge in [0.05, 0.1) is 0 Å². The lowest BCUT2D eigenvalue weighted by atomic mass is 10.3. The maximum Gasteiger partial charge on any atom is 0.333 e. The van der Waals surface area contributed by atoms with Crippen LogP contribution in [0.2, 0.25) is 0 Å². The van der Waals surface area contributed by atoms with Gasteiger partial charge in [-0.2, -0.15) is 0 Å². The van der Waals surface area contributed by atoms with Crippen LogP contribution in [0.1, 0.15) is 0 Å². The molecule has 0 saturated carbocycles. The van der Waals surface area contributed by atoms with Crippen LogP contribution < -0.4 is 5.73 Å². The maximum atomic E-state index is 9.66. The van der Waals surface area contributed by atoms with E-state index in [4.69, 9.17) is 10.8 Å². The topological polar surface area (TPSA) is 63.3 Å². The van der Waals surface area contributed by atoms with Gasteiger partial charge in [-0.25, -0.2) is 4.79 Å². The highest BCUT2D eigenvalue weighted by Crippen LogP contribution is 1.69. The number of rotatable bonds is 1. The minimum Gasteiger partial charge on any atom is -0.479 e. The summed E-state index contributed by atoms with van der Waals surface area (Å²) in [7, 11) is 0. The van der Waals surface area contributed by atoms with Gasteiger partial charge < -0.3 is 10.8 Å². The number of terminal acetylenes is 1. The molecule has 0 heterocycles. The Morgan fingerprint density at radius 1 is 2.00 bits per heavy atom. The molecule has 0 aliphatic rings. The highest BCUT2D eigenvalue weighted by molar-refractivity contribution is 5.76. The van der Waals surface area contributed by atoms with Crippen molar-refractivity contribution in [2.75, 3.05) is 0 Å². The van der Waals surface area contributed by atoms with Crippen molar-refractivity contribution >= 4 is 5.97 Å². The molecule has 0 aromatic carbocycles. The summed E-state index contributed by atoms with van der Waals surface area (Å²) >= 11 is 0. The van der Waals surface area contributed by atoms with Crippen LogP contribution in [0.4, 0.5) is 0 Å². The molecule has 7 heavy (non-hydrogen) atoms. The molecule has 0 aromatic rings. The molecular formula is C4H5NO2. The Morgan fingerprint density at radius 3 is 2.43 bits per heavy atom. The molecule has 0 radical (unpaired) electrons. The van der Waals surface area contributed by atoms with Crippen LogP contribution in [-0.4, -0.2) is 17.1 Å². The lowest BCUT2D eigenvalue weighted by molar-refractivity contribution is -0.137. The molecule has 1 unspecified atom stereocenters. The molecule has 3 N–H and O–H groups in total. The highest BCUT2D eigenvalue weighted by Gasteiger charge is 2.03. The fraction of sp³-hybridized carbons (Fsp3) is 0.250. The monoisotopic (exact) mass is 99.0 g/mol. The Kier molecular flexibility index (Phi) is 1.89. The predicted molar refractivity (Wildman–Crippen MR) is 24.4 cm³/mol. The van der Waals surface area contributed by atoms with E-state index in [0.29, 0.717) is 0 Å².